The topological polar surface area (TPSA) is 21.3 Å². The summed E-state index contributed by atoms with van der Waals surface area (Å²) >= 11 is 0. The molecule has 1 N–H and O–H groups in total. The van der Waals surface area contributed by atoms with Gasteiger partial charge < -0.3 is 10.1 Å². The van der Waals surface area contributed by atoms with Crippen LogP contribution in [0.4, 0.5) is 13.2 Å². The molecule has 1 aromatic carbocycles. The maximum atomic E-state index is 12.5. The number of alkyl halides is 3. The van der Waals surface area contributed by atoms with Crippen molar-refractivity contribution < 1.29 is 17.9 Å². The molecule has 2 nitrogen and oxygen atoms in total. The molecular formula is C15H20F3NO. The number of hydrogen-bond donors (Lipinski definition) is 1. The maximum absolute atomic E-state index is 12.5. The zero-order valence-corrected chi connectivity index (χ0v) is 11.9. The first-order valence-corrected chi connectivity index (χ1v) is 6.83. The zero-order valence-electron chi connectivity index (χ0n) is 11.9. The van der Waals surface area contributed by atoms with Crippen LogP contribution in [0.5, 0.6) is 5.75 Å². The first-order valence-electron chi connectivity index (χ1n) is 6.83. The van der Waals surface area contributed by atoms with E-state index in [1.54, 1.807) is 18.2 Å². The molecule has 1 aliphatic carbocycles. The fourth-order valence-corrected chi connectivity index (χ4v) is 3.03. The second kappa shape index (κ2) is 5.28. The van der Waals surface area contributed by atoms with Crippen LogP contribution in [-0.2, 0) is 0 Å². The van der Waals surface area contributed by atoms with Crippen LogP contribution < -0.4 is 10.1 Å². The standard InChI is InChI=1S/C15H20F3NO/c1-4-19-13-9-11(14(13,2)3)10-7-5-6-8-12(10)20-15(16,17)18/h5-8,11,13,19H,4,9H2,1-3H3. The van der Waals surface area contributed by atoms with E-state index in [1.165, 1.54) is 6.07 Å². The van der Waals surface area contributed by atoms with Crippen LogP contribution in [0.3, 0.4) is 0 Å². The Morgan fingerprint density at radius 3 is 2.50 bits per heavy atom. The Kier molecular flexibility index (Phi) is 4.00. The lowest BCUT2D eigenvalue weighted by Gasteiger charge is -2.53. The molecule has 0 heterocycles. The van der Waals surface area contributed by atoms with Gasteiger partial charge in [0.25, 0.3) is 0 Å². The molecule has 0 aromatic heterocycles. The van der Waals surface area contributed by atoms with Crippen molar-refractivity contribution in [1.82, 2.24) is 5.32 Å². The minimum atomic E-state index is -4.65. The first kappa shape index (κ1) is 15.2. The molecule has 0 spiro atoms. The molecule has 1 aromatic rings. The smallest absolute Gasteiger partial charge is 0.405 e. The van der Waals surface area contributed by atoms with E-state index < -0.39 is 6.36 Å². The average Bonchev–Trinajstić information content (AvgIpc) is 2.33. The summed E-state index contributed by atoms with van der Waals surface area (Å²) in [6.45, 7) is 7.06. The lowest BCUT2D eigenvalue weighted by Crippen LogP contribution is -2.55. The van der Waals surface area contributed by atoms with Gasteiger partial charge in [-0.15, -0.1) is 13.2 Å². The number of rotatable bonds is 4. The van der Waals surface area contributed by atoms with Crippen molar-refractivity contribution in [3.05, 3.63) is 29.8 Å². The Balaban J connectivity index is 2.22. The zero-order chi connectivity index (χ0) is 15.0. The van der Waals surface area contributed by atoms with Crippen LogP contribution in [-0.4, -0.2) is 18.9 Å². The molecule has 112 valence electrons. The van der Waals surface area contributed by atoms with Crippen molar-refractivity contribution in [2.45, 2.75) is 45.5 Å². The molecule has 0 amide bonds. The van der Waals surface area contributed by atoms with Gasteiger partial charge in [0.15, 0.2) is 0 Å². The Hall–Kier alpha value is -1.23. The number of nitrogens with one attached hydrogen (secondary N) is 1. The highest BCUT2D eigenvalue weighted by Crippen LogP contribution is 2.54. The molecule has 0 aliphatic heterocycles. The van der Waals surface area contributed by atoms with Crippen LogP contribution in [0.15, 0.2) is 24.3 Å². The first-order chi connectivity index (χ1) is 9.25. The SMILES string of the molecule is CCNC1CC(c2ccccc2OC(F)(F)F)C1(C)C. The molecule has 1 fully saturated rings. The second-order valence-corrected chi connectivity index (χ2v) is 5.81. The van der Waals surface area contributed by atoms with Gasteiger partial charge in [0.1, 0.15) is 5.75 Å². The van der Waals surface area contributed by atoms with Crippen molar-refractivity contribution >= 4 is 0 Å². The van der Waals surface area contributed by atoms with Gasteiger partial charge in [0.05, 0.1) is 0 Å². The lowest BCUT2D eigenvalue weighted by atomic mass is 9.56. The Bertz CT molecular complexity index is 470. The Labute approximate surface area is 117 Å². The average molecular weight is 287 g/mol. The van der Waals surface area contributed by atoms with E-state index in [2.05, 4.69) is 23.9 Å². The van der Waals surface area contributed by atoms with Gasteiger partial charge in [-0.3, -0.25) is 0 Å². The van der Waals surface area contributed by atoms with Gasteiger partial charge in [-0.05, 0) is 35.9 Å². The second-order valence-electron chi connectivity index (χ2n) is 5.81. The minimum Gasteiger partial charge on any atom is -0.405 e. The van der Waals surface area contributed by atoms with Gasteiger partial charge >= 0.3 is 6.36 Å². The summed E-state index contributed by atoms with van der Waals surface area (Å²) in [5.41, 5.74) is 0.560. The van der Waals surface area contributed by atoms with Gasteiger partial charge in [0, 0.05) is 6.04 Å². The van der Waals surface area contributed by atoms with Gasteiger partial charge in [-0.2, -0.15) is 0 Å². The van der Waals surface area contributed by atoms with Gasteiger partial charge in [-0.25, -0.2) is 0 Å². The van der Waals surface area contributed by atoms with Crippen LogP contribution in [0.1, 0.15) is 38.7 Å². The van der Waals surface area contributed by atoms with E-state index in [4.69, 9.17) is 0 Å². The maximum Gasteiger partial charge on any atom is 0.573 e. The van der Waals surface area contributed by atoms with Crippen LogP contribution in [0.25, 0.3) is 0 Å². The molecule has 1 saturated carbocycles. The molecule has 2 atom stereocenters. The molecule has 0 radical (unpaired) electrons. The van der Waals surface area contributed by atoms with Gasteiger partial charge in [-0.1, -0.05) is 39.0 Å². The highest BCUT2D eigenvalue weighted by atomic mass is 19.4. The fraction of sp³-hybridized carbons (Fsp3) is 0.600. The highest BCUT2D eigenvalue weighted by molar-refractivity contribution is 5.40. The van der Waals surface area contributed by atoms with Crippen molar-refractivity contribution in [1.29, 1.82) is 0 Å². The summed E-state index contributed by atoms with van der Waals surface area (Å²) < 4.78 is 41.5. The monoisotopic (exact) mass is 287 g/mol. The predicted molar refractivity (Wildman–Crippen MR) is 71.7 cm³/mol. The van der Waals surface area contributed by atoms with E-state index in [-0.39, 0.29) is 17.1 Å². The molecule has 2 unspecified atom stereocenters. The lowest BCUT2D eigenvalue weighted by molar-refractivity contribution is -0.275. The number of hydrogen-bond acceptors (Lipinski definition) is 2. The molecule has 0 bridgehead atoms. The van der Waals surface area contributed by atoms with Crippen molar-refractivity contribution in [3.8, 4) is 5.75 Å². The highest BCUT2D eigenvalue weighted by Gasteiger charge is 2.49. The molecule has 5 heteroatoms. The normalized spacial score (nSPS) is 25.1. The Morgan fingerprint density at radius 2 is 1.95 bits per heavy atom. The third-order valence-electron chi connectivity index (χ3n) is 4.24. The summed E-state index contributed by atoms with van der Waals surface area (Å²) in [6, 6.07) is 6.78. The summed E-state index contributed by atoms with van der Waals surface area (Å²) in [4.78, 5) is 0. The van der Waals surface area contributed by atoms with Crippen LogP contribution in [0.2, 0.25) is 0 Å². The molecular weight excluding hydrogens is 267 g/mol. The number of para-hydroxylation sites is 1. The third kappa shape index (κ3) is 2.92. The summed E-state index contributed by atoms with van der Waals surface area (Å²) in [7, 11) is 0. The molecule has 2 rings (SSSR count). The summed E-state index contributed by atoms with van der Waals surface area (Å²) in [5.74, 6) is -0.00174. The predicted octanol–water partition coefficient (Wildman–Crippen LogP) is 4.08. The van der Waals surface area contributed by atoms with Crippen molar-refractivity contribution in [2.75, 3.05) is 6.54 Å². The summed E-state index contributed by atoms with van der Waals surface area (Å²) in [6.07, 6.45) is -3.82. The fourth-order valence-electron chi connectivity index (χ4n) is 3.03. The molecule has 1 aliphatic rings. The molecule has 20 heavy (non-hydrogen) atoms. The van der Waals surface area contributed by atoms with Gasteiger partial charge in [0.2, 0.25) is 0 Å². The largest absolute Gasteiger partial charge is 0.573 e. The van der Waals surface area contributed by atoms with E-state index in [0.717, 1.165) is 13.0 Å². The Morgan fingerprint density at radius 1 is 1.30 bits per heavy atom. The number of halogens is 3. The number of benzene rings is 1. The van der Waals surface area contributed by atoms with E-state index in [1.807, 2.05) is 6.92 Å². The molecule has 0 saturated heterocycles. The minimum absolute atomic E-state index is 0.0742. The summed E-state index contributed by atoms with van der Waals surface area (Å²) in [5, 5.41) is 3.38. The van der Waals surface area contributed by atoms with Crippen LogP contribution >= 0.6 is 0 Å². The van der Waals surface area contributed by atoms with E-state index >= 15 is 0 Å². The quantitative estimate of drug-likeness (QED) is 0.901. The van der Waals surface area contributed by atoms with Crippen LogP contribution in [0, 0.1) is 5.41 Å². The van der Waals surface area contributed by atoms with E-state index in [9.17, 15) is 13.2 Å². The third-order valence-corrected chi connectivity index (χ3v) is 4.24. The number of ether oxygens (including phenoxy) is 1. The van der Waals surface area contributed by atoms with E-state index in [0.29, 0.717) is 11.6 Å². The van der Waals surface area contributed by atoms with Crippen molar-refractivity contribution in [2.24, 2.45) is 5.41 Å². The van der Waals surface area contributed by atoms with Crippen molar-refractivity contribution in [3.63, 3.8) is 0 Å².